The average Bonchev–Trinajstić information content (AvgIpc) is 2.58. The Balaban J connectivity index is 2.21. The van der Waals surface area contributed by atoms with E-state index < -0.39 is 11.6 Å². The lowest BCUT2D eigenvalue weighted by Gasteiger charge is -2.05. The van der Waals surface area contributed by atoms with Gasteiger partial charge in [-0.25, -0.2) is 8.78 Å². The number of hydrogen-bond donors (Lipinski definition) is 1. The van der Waals surface area contributed by atoms with Gasteiger partial charge in [-0.2, -0.15) is 0 Å². The van der Waals surface area contributed by atoms with Crippen molar-refractivity contribution < 1.29 is 8.78 Å². The second kappa shape index (κ2) is 4.11. The second-order valence-electron chi connectivity index (χ2n) is 3.90. The van der Waals surface area contributed by atoms with Gasteiger partial charge in [0.25, 0.3) is 0 Å². The molecular formula is C12H13F2N. The zero-order chi connectivity index (χ0) is 10.8. The maximum absolute atomic E-state index is 13.3. The van der Waals surface area contributed by atoms with Crippen LogP contribution in [-0.4, -0.2) is 6.04 Å². The first-order chi connectivity index (χ1) is 7.16. The first-order valence-corrected chi connectivity index (χ1v) is 5.05. The summed E-state index contributed by atoms with van der Waals surface area (Å²) < 4.78 is 26.6. The highest BCUT2D eigenvalue weighted by Gasteiger charge is 2.15. The quantitative estimate of drug-likeness (QED) is 0.744. The van der Waals surface area contributed by atoms with E-state index in [9.17, 15) is 8.78 Å². The molecule has 0 heterocycles. The first kappa shape index (κ1) is 10.3. The summed E-state index contributed by atoms with van der Waals surface area (Å²) in [6, 6.07) is 4.00. The Morgan fingerprint density at radius 2 is 1.93 bits per heavy atom. The molecule has 0 spiro atoms. The fourth-order valence-corrected chi connectivity index (χ4v) is 1.90. The summed E-state index contributed by atoms with van der Waals surface area (Å²) in [6.07, 6.45) is 3.97. The highest BCUT2D eigenvalue weighted by Crippen LogP contribution is 2.23. The Morgan fingerprint density at radius 3 is 2.47 bits per heavy atom. The molecule has 0 aliphatic heterocycles. The minimum Gasteiger partial charge on any atom is -0.324 e. The van der Waals surface area contributed by atoms with Crippen LogP contribution in [0.25, 0.3) is 0 Å². The van der Waals surface area contributed by atoms with Crippen molar-refractivity contribution in [2.24, 2.45) is 5.73 Å². The van der Waals surface area contributed by atoms with Gasteiger partial charge in [0.05, 0.1) is 0 Å². The molecule has 0 bridgehead atoms. The summed E-state index contributed by atoms with van der Waals surface area (Å²) in [5.41, 5.74) is 6.88. The molecule has 1 unspecified atom stereocenters. The molecule has 2 rings (SSSR count). The smallest absolute Gasteiger partial charge is 0.129 e. The van der Waals surface area contributed by atoms with Gasteiger partial charge in [0.15, 0.2) is 0 Å². The van der Waals surface area contributed by atoms with Crippen molar-refractivity contribution in [2.75, 3.05) is 0 Å². The van der Waals surface area contributed by atoms with E-state index in [2.05, 4.69) is 0 Å². The highest BCUT2D eigenvalue weighted by molar-refractivity contribution is 5.27. The standard InChI is InChI=1S/C12H13F2N/c13-11-2-1-3-12(14)10(11)7-8-4-5-9(15)6-8/h1-3,6,9H,4-5,7,15H2. The molecule has 1 aromatic rings. The van der Waals surface area contributed by atoms with E-state index in [-0.39, 0.29) is 11.6 Å². The molecule has 1 nitrogen and oxygen atoms in total. The van der Waals surface area contributed by atoms with Gasteiger partial charge in [-0.3, -0.25) is 0 Å². The first-order valence-electron chi connectivity index (χ1n) is 5.05. The highest BCUT2D eigenvalue weighted by atomic mass is 19.1. The van der Waals surface area contributed by atoms with Crippen LogP contribution in [0.3, 0.4) is 0 Å². The van der Waals surface area contributed by atoms with E-state index in [4.69, 9.17) is 5.73 Å². The molecule has 0 saturated carbocycles. The van der Waals surface area contributed by atoms with Gasteiger partial charge in [-0.05, 0) is 31.4 Å². The van der Waals surface area contributed by atoms with E-state index in [1.807, 2.05) is 6.08 Å². The molecule has 1 aromatic carbocycles. The van der Waals surface area contributed by atoms with Crippen LogP contribution >= 0.6 is 0 Å². The summed E-state index contributed by atoms with van der Waals surface area (Å²) in [7, 11) is 0. The molecule has 1 aliphatic carbocycles. The Hall–Kier alpha value is -1.22. The number of benzene rings is 1. The third kappa shape index (κ3) is 2.23. The van der Waals surface area contributed by atoms with Crippen molar-refractivity contribution in [1.82, 2.24) is 0 Å². The van der Waals surface area contributed by atoms with Crippen LogP contribution in [0.1, 0.15) is 18.4 Å². The molecule has 0 saturated heterocycles. The molecule has 0 radical (unpaired) electrons. The van der Waals surface area contributed by atoms with Gasteiger partial charge in [0, 0.05) is 11.6 Å². The SMILES string of the molecule is NC1C=C(Cc2c(F)cccc2F)CC1. The maximum atomic E-state index is 13.3. The van der Waals surface area contributed by atoms with E-state index in [0.29, 0.717) is 6.42 Å². The Morgan fingerprint density at radius 1 is 1.27 bits per heavy atom. The predicted octanol–water partition coefficient (Wildman–Crippen LogP) is 2.55. The average molecular weight is 209 g/mol. The van der Waals surface area contributed by atoms with Gasteiger partial charge in [0.2, 0.25) is 0 Å². The molecule has 1 atom stereocenters. The molecule has 0 fully saturated rings. The summed E-state index contributed by atoms with van der Waals surface area (Å²) in [4.78, 5) is 0. The summed E-state index contributed by atoms with van der Waals surface area (Å²) in [5, 5.41) is 0. The number of allylic oxidation sites excluding steroid dienone is 1. The predicted molar refractivity (Wildman–Crippen MR) is 55.4 cm³/mol. The van der Waals surface area contributed by atoms with Crippen molar-refractivity contribution in [3.63, 3.8) is 0 Å². The van der Waals surface area contributed by atoms with Crippen LogP contribution in [0.5, 0.6) is 0 Å². The van der Waals surface area contributed by atoms with Crippen LogP contribution < -0.4 is 5.73 Å². The normalized spacial score (nSPS) is 20.5. The van der Waals surface area contributed by atoms with Gasteiger partial charge in [0.1, 0.15) is 11.6 Å². The summed E-state index contributed by atoms with van der Waals surface area (Å²) in [6.45, 7) is 0. The van der Waals surface area contributed by atoms with Crippen molar-refractivity contribution in [2.45, 2.75) is 25.3 Å². The molecular weight excluding hydrogens is 196 g/mol. The van der Waals surface area contributed by atoms with Crippen molar-refractivity contribution in [1.29, 1.82) is 0 Å². The lowest BCUT2D eigenvalue weighted by Crippen LogP contribution is -2.11. The Labute approximate surface area is 87.6 Å². The minimum absolute atomic E-state index is 0.0508. The van der Waals surface area contributed by atoms with Gasteiger partial charge >= 0.3 is 0 Å². The fraction of sp³-hybridized carbons (Fsp3) is 0.333. The summed E-state index contributed by atoms with van der Waals surface area (Å²) >= 11 is 0. The number of rotatable bonds is 2. The number of hydrogen-bond acceptors (Lipinski definition) is 1. The molecule has 2 N–H and O–H groups in total. The van der Waals surface area contributed by atoms with Gasteiger partial charge < -0.3 is 5.73 Å². The lowest BCUT2D eigenvalue weighted by molar-refractivity contribution is 0.559. The van der Waals surface area contributed by atoms with Crippen molar-refractivity contribution in [3.05, 3.63) is 47.0 Å². The number of nitrogens with two attached hydrogens (primary N) is 1. The molecule has 0 amide bonds. The maximum Gasteiger partial charge on any atom is 0.129 e. The fourth-order valence-electron chi connectivity index (χ4n) is 1.90. The van der Waals surface area contributed by atoms with E-state index in [1.54, 1.807) is 0 Å². The topological polar surface area (TPSA) is 26.0 Å². The van der Waals surface area contributed by atoms with Crippen LogP contribution in [-0.2, 0) is 6.42 Å². The molecule has 15 heavy (non-hydrogen) atoms. The van der Waals surface area contributed by atoms with Crippen molar-refractivity contribution in [3.8, 4) is 0 Å². The van der Waals surface area contributed by atoms with Crippen LogP contribution in [0.15, 0.2) is 29.8 Å². The van der Waals surface area contributed by atoms with E-state index in [1.165, 1.54) is 18.2 Å². The third-order valence-electron chi connectivity index (χ3n) is 2.71. The van der Waals surface area contributed by atoms with Gasteiger partial charge in [-0.15, -0.1) is 0 Å². The molecule has 3 heteroatoms. The number of halogens is 2. The molecule has 1 aliphatic rings. The minimum atomic E-state index is -0.476. The second-order valence-corrected chi connectivity index (χ2v) is 3.90. The monoisotopic (exact) mass is 209 g/mol. The Kier molecular flexibility index (Phi) is 2.82. The van der Waals surface area contributed by atoms with Crippen LogP contribution in [0, 0.1) is 11.6 Å². The van der Waals surface area contributed by atoms with E-state index in [0.717, 1.165) is 18.4 Å². The third-order valence-corrected chi connectivity index (χ3v) is 2.71. The van der Waals surface area contributed by atoms with Crippen molar-refractivity contribution >= 4 is 0 Å². The zero-order valence-electron chi connectivity index (χ0n) is 8.34. The Bertz CT molecular complexity index is 378. The largest absolute Gasteiger partial charge is 0.324 e. The van der Waals surface area contributed by atoms with E-state index >= 15 is 0 Å². The van der Waals surface area contributed by atoms with Crippen LogP contribution in [0.4, 0.5) is 8.78 Å². The van der Waals surface area contributed by atoms with Gasteiger partial charge in [-0.1, -0.05) is 17.7 Å². The lowest BCUT2D eigenvalue weighted by atomic mass is 10.0. The molecule has 0 aromatic heterocycles. The van der Waals surface area contributed by atoms with Crippen LogP contribution in [0.2, 0.25) is 0 Å². The molecule has 80 valence electrons. The zero-order valence-corrected chi connectivity index (χ0v) is 8.34. The summed E-state index contributed by atoms with van der Waals surface area (Å²) in [5.74, 6) is -0.951.